The average Bonchev–Trinajstić information content (AvgIpc) is 2.78. The van der Waals surface area contributed by atoms with Gasteiger partial charge in [0.1, 0.15) is 11.6 Å². The first-order valence-electron chi connectivity index (χ1n) is 6.69. The summed E-state index contributed by atoms with van der Waals surface area (Å²) in [7, 11) is 0. The summed E-state index contributed by atoms with van der Waals surface area (Å²) >= 11 is 0. The van der Waals surface area contributed by atoms with E-state index in [0.29, 0.717) is 6.04 Å². The monoisotopic (exact) mass is 259 g/mol. The lowest BCUT2D eigenvalue weighted by Gasteiger charge is -2.36. The highest BCUT2D eigenvalue weighted by atomic mass is 19.1. The minimum absolute atomic E-state index is 0.148. The average molecular weight is 259 g/mol. The van der Waals surface area contributed by atoms with Crippen molar-refractivity contribution in [1.29, 1.82) is 0 Å². The Labute approximate surface area is 112 Å². The first-order valence-corrected chi connectivity index (χ1v) is 6.69. The Morgan fingerprint density at radius 2 is 2.32 bits per heavy atom. The Bertz CT molecular complexity index is 591. The van der Waals surface area contributed by atoms with Crippen LogP contribution in [0, 0.1) is 12.7 Å². The Morgan fingerprint density at radius 3 is 3.05 bits per heavy atom. The number of aromatic nitrogens is 2. The molecule has 100 valence electrons. The molecule has 1 atom stereocenters. The molecule has 0 saturated heterocycles. The molecule has 3 rings (SSSR count). The van der Waals surface area contributed by atoms with E-state index in [0.717, 1.165) is 42.2 Å². The van der Waals surface area contributed by atoms with Crippen molar-refractivity contribution in [2.24, 2.45) is 0 Å². The maximum Gasteiger partial charge on any atom is 0.123 e. The number of H-pyrrole nitrogens is 1. The summed E-state index contributed by atoms with van der Waals surface area (Å²) in [5.74, 6) is 0.782. The molecule has 3 nitrogen and oxygen atoms in total. The molecule has 0 unspecified atom stereocenters. The minimum atomic E-state index is -0.148. The van der Waals surface area contributed by atoms with Crippen LogP contribution in [-0.4, -0.2) is 16.0 Å². The highest BCUT2D eigenvalue weighted by molar-refractivity contribution is 5.56. The predicted octanol–water partition coefficient (Wildman–Crippen LogP) is 3.20. The molecule has 0 aliphatic carbocycles. The zero-order chi connectivity index (χ0) is 13.4. The molecule has 0 amide bonds. The number of hydrogen-bond acceptors (Lipinski definition) is 2. The molecule has 0 radical (unpaired) electrons. The Kier molecular flexibility index (Phi) is 3.01. The summed E-state index contributed by atoms with van der Waals surface area (Å²) in [6, 6.07) is 5.56. The Balaban J connectivity index is 1.92. The summed E-state index contributed by atoms with van der Waals surface area (Å²) in [5.41, 5.74) is 3.35. The van der Waals surface area contributed by atoms with Crippen LogP contribution in [0.25, 0.3) is 0 Å². The third-order valence-corrected chi connectivity index (χ3v) is 3.81. The summed E-state index contributed by atoms with van der Waals surface area (Å²) in [6.45, 7) is 4.96. The molecule has 2 aromatic rings. The van der Waals surface area contributed by atoms with E-state index < -0.39 is 0 Å². The number of aromatic amines is 1. The fourth-order valence-corrected chi connectivity index (χ4v) is 2.77. The van der Waals surface area contributed by atoms with Crippen LogP contribution in [0.5, 0.6) is 0 Å². The number of imidazole rings is 1. The van der Waals surface area contributed by atoms with Crippen molar-refractivity contribution >= 4 is 5.69 Å². The minimum Gasteiger partial charge on any atom is -0.363 e. The van der Waals surface area contributed by atoms with Crippen molar-refractivity contribution in [2.45, 2.75) is 39.3 Å². The lowest BCUT2D eigenvalue weighted by Crippen LogP contribution is -2.36. The van der Waals surface area contributed by atoms with Gasteiger partial charge in [-0.15, -0.1) is 0 Å². The van der Waals surface area contributed by atoms with E-state index in [1.807, 2.05) is 19.2 Å². The highest BCUT2D eigenvalue weighted by Gasteiger charge is 2.23. The number of fused-ring (bicyclic) bond motifs is 1. The highest BCUT2D eigenvalue weighted by Crippen LogP contribution is 2.32. The number of halogens is 1. The maximum atomic E-state index is 13.3. The van der Waals surface area contributed by atoms with Crippen molar-refractivity contribution < 1.29 is 4.39 Å². The van der Waals surface area contributed by atoms with Gasteiger partial charge in [-0.25, -0.2) is 9.37 Å². The molecule has 0 spiro atoms. The second kappa shape index (κ2) is 4.68. The van der Waals surface area contributed by atoms with Gasteiger partial charge >= 0.3 is 0 Å². The van der Waals surface area contributed by atoms with Gasteiger partial charge < -0.3 is 9.88 Å². The first-order chi connectivity index (χ1) is 9.13. The smallest absolute Gasteiger partial charge is 0.123 e. The quantitative estimate of drug-likeness (QED) is 0.898. The molecule has 0 saturated carbocycles. The van der Waals surface area contributed by atoms with Crippen molar-refractivity contribution in [3.63, 3.8) is 0 Å². The number of hydrogen-bond donors (Lipinski definition) is 1. The third kappa shape index (κ3) is 2.35. The largest absolute Gasteiger partial charge is 0.363 e. The fraction of sp³-hybridized carbons (Fsp3) is 0.400. The van der Waals surface area contributed by atoms with Crippen molar-refractivity contribution in [3.05, 3.63) is 47.3 Å². The zero-order valence-corrected chi connectivity index (χ0v) is 11.3. The van der Waals surface area contributed by atoms with Gasteiger partial charge in [0.25, 0.3) is 0 Å². The third-order valence-electron chi connectivity index (χ3n) is 3.81. The van der Waals surface area contributed by atoms with Gasteiger partial charge in [0.2, 0.25) is 0 Å². The normalized spacial score (nSPS) is 18.5. The van der Waals surface area contributed by atoms with E-state index in [-0.39, 0.29) is 5.82 Å². The second-order valence-corrected chi connectivity index (χ2v) is 5.28. The topological polar surface area (TPSA) is 31.9 Å². The van der Waals surface area contributed by atoms with E-state index >= 15 is 0 Å². The van der Waals surface area contributed by atoms with Gasteiger partial charge in [-0.05, 0) is 50.5 Å². The number of rotatable bonds is 2. The van der Waals surface area contributed by atoms with Gasteiger partial charge in [-0.2, -0.15) is 0 Å². The van der Waals surface area contributed by atoms with E-state index in [9.17, 15) is 4.39 Å². The van der Waals surface area contributed by atoms with Gasteiger partial charge in [-0.1, -0.05) is 0 Å². The zero-order valence-electron chi connectivity index (χ0n) is 11.3. The summed E-state index contributed by atoms with van der Waals surface area (Å²) in [6.07, 6.45) is 3.89. The molecule has 4 heteroatoms. The fourth-order valence-electron chi connectivity index (χ4n) is 2.77. The van der Waals surface area contributed by atoms with E-state index in [1.54, 1.807) is 12.1 Å². The molecule has 1 aromatic carbocycles. The molecule has 1 aliphatic heterocycles. The van der Waals surface area contributed by atoms with Crippen LogP contribution in [0.1, 0.15) is 30.4 Å². The Morgan fingerprint density at radius 1 is 1.47 bits per heavy atom. The van der Waals surface area contributed by atoms with Crippen molar-refractivity contribution in [2.75, 3.05) is 4.90 Å². The van der Waals surface area contributed by atoms with E-state index in [2.05, 4.69) is 21.8 Å². The Hall–Kier alpha value is -1.84. The second-order valence-electron chi connectivity index (χ2n) is 5.28. The number of nitrogens with zero attached hydrogens (tertiary/aromatic N) is 2. The molecule has 1 aromatic heterocycles. The van der Waals surface area contributed by atoms with Crippen LogP contribution in [-0.2, 0) is 13.0 Å². The van der Waals surface area contributed by atoms with Crippen LogP contribution in [0.4, 0.5) is 10.1 Å². The molecule has 1 aliphatic rings. The molecule has 0 fully saturated rings. The predicted molar refractivity (Wildman–Crippen MR) is 73.7 cm³/mol. The van der Waals surface area contributed by atoms with Gasteiger partial charge in [0.05, 0.1) is 18.4 Å². The van der Waals surface area contributed by atoms with Crippen LogP contribution in [0.3, 0.4) is 0 Å². The molecular formula is C15H18FN3. The van der Waals surface area contributed by atoms with Gasteiger partial charge in [-0.3, -0.25) is 0 Å². The molecule has 19 heavy (non-hydrogen) atoms. The number of nitrogens with one attached hydrogen (secondary N) is 1. The van der Waals surface area contributed by atoms with Crippen LogP contribution >= 0.6 is 0 Å². The first kappa shape index (κ1) is 12.2. The van der Waals surface area contributed by atoms with Crippen LogP contribution < -0.4 is 4.90 Å². The molecular weight excluding hydrogens is 241 g/mol. The summed E-state index contributed by atoms with van der Waals surface area (Å²) < 4.78 is 13.3. The van der Waals surface area contributed by atoms with Gasteiger partial charge in [0.15, 0.2) is 0 Å². The lowest BCUT2D eigenvalue weighted by molar-refractivity contribution is 0.551. The lowest BCUT2D eigenvalue weighted by atomic mass is 9.96. The molecule has 2 heterocycles. The summed E-state index contributed by atoms with van der Waals surface area (Å²) in [4.78, 5) is 9.82. The summed E-state index contributed by atoms with van der Waals surface area (Å²) in [5, 5.41) is 0. The maximum absolute atomic E-state index is 13.3. The van der Waals surface area contributed by atoms with E-state index in [4.69, 9.17) is 0 Å². The van der Waals surface area contributed by atoms with E-state index in [1.165, 1.54) is 0 Å². The standard InChI is InChI=1S/C15H18FN3/c1-10-3-4-12-7-13(16)5-6-15(12)19(10)9-14-8-17-11(2)18-14/h5-8,10H,3-4,9H2,1-2H3,(H,17,18)/t10-/m0/s1. The molecule has 1 N–H and O–H groups in total. The number of anilines is 1. The SMILES string of the molecule is Cc1ncc(CN2c3ccc(F)cc3CC[C@@H]2C)[nH]1. The van der Waals surface area contributed by atoms with Crippen LogP contribution in [0.15, 0.2) is 24.4 Å². The number of aryl methyl sites for hydroxylation is 2. The van der Waals surface area contributed by atoms with Crippen molar-refractivity contribution in [1.82, 2.24) is 9.97 Å². The van der Waals surface area contributed by atoms with Crippen molar-refractivity contribution in [3.8, 4) is 0 Å². The van der Waals surface area contributed by atoms with Gasteiger partial charge in [0, 0.05) is 11.7 Å². The molecule has 0 bridgehead atoms. The van der Waals surface area contributed by atoms with Crippen LogP contribution in [0.2, 0.25) is 0 Å². The number of benzene rings is 1.